The quantitative estimate of drug-likeness (QED) is 0.824. The zero-order chi connectivity index (χ0) is 17.8. The molecule has 1 aromatic heterocycles. The average Bonchev–Trinajstić information content (AvgIpc) is 2.35. The fourth-order valence-electron chi connectivity index (χ4n) is 1.55. The first-order valence-electron chi connectivity index (χ1n) is 7.14. The molecule has 2 amide bonds. The maximum Gasteiger partial charge on any atom is 0.424 e. The van der Waals surface area contributed by atoms with Gasteiger partial charge in [0.25, 0.3) is 0 Å². The molecule has 0 fully saturated rings. The summed E-state index contributed by atoms with van der Waals surface area (Å²) in [6, 6.07) is 0. The molecule has 126 valence electrons. The molecule has 1 rings (SSSR count). The molecule has 0 aliphatic rings. The van der Waals surface area contributed by atoms with E-state index in [9.17, 15) is 9.59 Å². The third-order valence-electron chi connectivity index (χ3n) is 2.35. The minimum absolute atomic E-state index is 0.193. The van der Waals surface area contributed by atoms with Crippen LogP contribution in [0.15, 0.2) is 19.0 Å². The number of aromatic nitrogens is 2. The van der Waals surface area contributed by atoms with Crippen molar-refractivity contribution < 1.29 is 19.1 Å². The van der Waals surface area contributed by atoms with Gasteiger partial charge < -0.3 is 9.47 Å². The summed E-state index contributed by atoms with van der Waals surface area (Å²) in [4.78, 5) is 25.7. The summed E-state index contributed by atoms with van der Waals surface area (Å²) in [5, 5.41) is 7.43. The number of nitrogens with zero attached hydrogens (tertiary/aromatic N) is 3. The predicted octanol–water partition coefficient (Wildman–Crippen LogP) is 3.80. The van der Waals surface area contributed by atoms with E-state index in [4.69, 9.17) is 9.47 Å². The van der Waals surface area contributed by atoms with E-state index in [-0.39, 0.29) is 5.69 Å². The molecule has 0 atom stereocenters. The van der Waals surface area contributed by atoms with Crippen LogP contribution in [0.25, 0.3) is 6.08 Å². The molecule has 0 aromatic carbocycles. The van der Waals surface area contributed by atoms with E-state index in [0.717, 1.165) is 4.90 Å². The number of imide groups is 1. The molecule has 1 heterocycles. The lowest BCUT2D eigenvalue weighted by atomic mass is 10.2. The minimum atomic E-state index is -0.858. The van der Waals surface area contributed by atoms with Gasteiger partial charge in [-0.1, -0.05) is 12.7 Å². The molecule has 0 bridgehead atoms. The van der Waals surface area contributed by atoms with Gasteiger partial charge >= 0.3 is 12.2 Å². The van der Waals surface area contributed by atoms with E-state index in [1.165, 1.54) is 18.5 Å². The first-order valence-corrected chi connectivity index (χ1v) is 7.14. The van der Waals surface area contributed by atoms with E-state index >= 15 is 0 Å². The highest BCUT2D eigenvalue weighted by Gasteiger charge is 2.33. The Bertz CT molecular complexity index is 572. The van der Waals surface area contributed by atoms with E-state index in [0.29, 0.717) is 5.56 Å². The standard InChI is InChI=1S/C16H23N3O4/c1-8-11-9-17-18-10-12(11)19(13(20)22-15(2,3)4)14(21)23-16(5,6)7/h8-10H,1H2,2-7H3. The van der Waals surface area contributed by atoms with E-state index in [2.05, 4.69) is 16.8 Å². The first kappa shape index (κ1) is 18.6. The van der Waals surface area contributed by atoms with Crippen LogP contribution >= 0.6 is 0 Å². The second-order valence-electron chi connectivity index (χ2n) is 6.83. The Balaban J connectivity index is 3.28. The molecular formula is C16H23N3O4. The Morgan fingerprint density at radius 3 is 1.83 bits per heavy atom. The minimum Gasteiger partial charge on any atom is -0.443 e. The fourth-order valence-corrected chi connectivity index (χ4v) is 1.55. The summed E-state index contributed by atoms with van der Waals surface area (Å²) >= 11 is 0. The maximum atomic E-state index is 12.5. The van der Waals surface area contributed by atoms with Crippen molar-refractivity contribution >= 4 is 23.9 Å². The Morgan fingerprint density at radius 2 is 1.43 bits per heavy atom. The maximum absolute atomic E-state index is 12.5. The molecule has 7 nitrogen and oxygen atoms in total. The van der Waals surface area contributed by atoms with Crippen LogP contribution < -0.4 is 4.90 Å². The SMILES string of the molecule is C=Cc1cnncc1N(C(=O)OC(C)(C)C)C(=O)OC(C)(C)C. The van der Waals surface area contributed by atoms with E-state index in [1.54, 1.807) is 41.5 Å². The fraction of sp³-hybridized carbons (Fsp3) is 0.500. The molecule has 0 aliphatic heterocycles. The van der Waals surface area contributed by atoms with Crippen LogP contribution in [0, 0.1) is 0 Å². The average molecular weight is 321 g/mol. The first-order chi connectivity index (χ1) is 10.4. The Morgan fingerprint density at radius 1 is 1.00 bits per heavy atom. The molecule has 0 saturated carbocycles. The monoisotopic (exact) mass is 321 g/mol. The van der Waals surface area contributed by atoms with Gasteiger partial charge in [0, 0.05) is 5.56 Å². The lowest BCUT2D eigenvalue weighted by molar-refractivity contribution is 0.0430. The van der Waals surface area contributed by atoms with Gasteiger partial charge in [-0.15, -0.1) is 0 Å². The van der Waals surface area contributed by atoms with Gasteiger partial charge in [-0.3, -0.25) is 0 Å². The smallest absolute Gasteiger partial charge is 0.424 e. The lowest BCUT2D eigenvalue weighted by Crippen LogP contribution is -2.44. The van der Waals surface area contributed by atoms with Gasteiger partial charge in [0.15, 0.2) is 0 Å². The number of ether oxygens (including phenoxy) is 2. The molecule has 7 heteroatoms. The molecule has 0 saturated heterocycles. The van der Waals surface area contributed by atoms with Crippen LogP contribution in [0.2, 0.25) is 0 Å². The highest BCUT2D eigenvalue weighted by molar-refractivity contribution is 6.10. The number of hydrogen-bond acceptors (Lipinski definition) is 6. The Kier molecular flexibility index (Phi) is 5.47. The summed E-state index contributed by atoms with van der Waals surface area (Å²) in [6.07, 6.45) is 2.42. The topological polar surface area (TPSA) is 81.6 Å². The summed E-state index contributed by atoms with van der Waals surface area (Å²) in [5.74, 6) is 0. The number of amides is 2. The van der Waals surface area contributed by atoms with Crippen LogP contribution in [-0.4, -0.2) is 33.6 Å². The van der Waals surface area contributed by atoms with Crippen LogP contribution in [-0.2, 0) is 9.47 Å². The van der Waals surface area contributed by atoms with Gasteiger partial charge in [-0.2, -0.15) is 15.1 Å². The van der Waals surface area contributed by atoms with Crippen LogP contribution in [0.3, 0.4) is 0 Å². The van der Waals surface area contributed by atoms with Crippen LogP contribution in [0.5, 0.6) is 0 Å². The van der Waals surface area contributed by atoms with Crippen molar-refractivity contribution in [2.45, 2.75) is 52.7 Å². The zero-order valence-electron chi connectivity index (χ0n) is 14.4. The normalized spacial score (nSPS) is 11.6. The number of hydrogen-bond donors (Lipinski definition) is 0. The van der Waals surface area contributed by atoms with Crippen molar-refractivity contribution in [1.29, 1.82) is 0 Å². The molecule has 0 N–H and O–H groups in total. The van der Waals surface area contributed by atoms with Crippen molar-refractivity contribution in [3.8, 4) is 0 Å². The van der Waals surface area contributed by atoms with Crippen molar-refractivity contribution in [1.82, 2.24) is 10.2 Å². The lowest BCUT2D eigenvalue weighted by Gasteiger charge is -2.28. The van der Waals surface area contributed by atoms with Crippen LogP contribution in [0.4, 0.5) is 15.3 Å². The molecule has 1 aromatic rings. The molecular weight excluding hydrogens is 298 g/mol. The zero-order valence-corrected chi connectivity index (χ0v) is 14.4. The summed E-state index contributed by atoms with van der Waals surface area (Å²) < 4.78 is 10.6. The molecule has 0 spiro atoms. The summed E-state index contributed by atoms with van der Waals surface area (Å²) in [6.45, 7) is 13.9. The van der Waals surface area contributed by atoms with Crippen LogP contribution in [0.1, 0.15) is 47.1 Å². The van der Waals surface area contributed by atoms with Crippen molar-refractivity contribution in [3.63, 3.8) is 0 Å². The third kappa shape index (κ3) is 5.69. The van der Waals surface area contributed by atoms with Gasteiger partial charge in [0.1, 0.15) is 11.2 Å². The molecule has 23 heavy (non-hydrogen) atoms. The second kappa shape index (κ2) is 6.76. The molecule has 0 aliphatic carbocycles. The summed E-state index contributed by atoms with van der Waals surface area (Å²) in [7, 11) is 0. The third-order valence-corrected chi connectivity index (χ3v) is 2.35. The largest absolute Gasteiger partial charge is 0.443 e. The van der Waals surface area contributed by atoms with Crippen molar-refractivity contribution in [2.24, 2.45) is 0 Å². The number of anilines is 1. The highest BCUT2D eigenvalue weighted by atomic mass is 16.6. The van der Waals surface area contributed by atoms with Crippen molar-refractivity contribution in [2.75, 3.05) is 4.90 Å². The number of carbonyl (C=O) groups excluding carboxylic acids is 2. The number of rotatable bonds is 2. The Hall–Kier alpha value is -2.44. The van der Waals surface area contributed by atoms with Gasteiger partial charge in [-0.25, -0.2) is 9.59 Å². The summed E-state index contributed by atoms with van der Waals surface area (Å²) in [5.41, 5.74) is -0.895. The van der Waals surface area contributed by atoms with E-state index < -0.39 is 23.4 Å². The molecule has 0 unspecified atom stereocenters. The van der Waals surface area contributed by atoms with Gasteiger partial charge in [0.05, 0.1) is 18.1 Å². The predicted molar refractivity (Wildman–Crippen MR) is 87.1 cm³/mol. The van der Waals surface area contributed by atoms with Gasteiger partial charge in [0.2, 0.25) is 0 Å². The van der Waals surface area contributed by atoms with E-state index in [1.807, 2.05) is 0 Å². The van der Waals surface area contributed by atoms with Gasteiger partial charge in [-0.05, 0) is 41.5 Å². The highest BCUT2D eigenvalue weighted by Crippen LogP contribution is 2.24. The molecule has 0 radical (unpaired) electrons. The Labute approximate surface area is 136 Å². The van der Waals surface area contributed by atoms with Crippen molar-refractivity contribution in [3.05, 3.63) is 24.5 Å². The second-order valence-corrected chi connectivity index (χ2v) is 6.83. The number of carbonyl (C=O) groups is 2.